The van der Waals surface area contributed by atoms with Gasteiger partial charge in [-0.1, -0.05) is 0 Å². The minimum atomic E-state index is -0.539. The Morgan fingerprint density at radius 3 is 3.21 bits per heavy atom. The first-order valence-corrected chi connectivity index (χ1v) is 5.30. The predicted molar refractivity (Wildman–Crippen MR) is 49.2 cm³/mol. The second-order valence-corrected chi connectivity index (χ2v) is 4.08. The zero-order valence-corrected chi connectivity index (χ0v) is 8.58. The summed E-state index contributed by atoms with van der Waals surface area (Å²) in [6, 6.07) is -0.539. The van der Waals surface area contributed by atoms with Crippen molar-refractivity contribution >= 4 is 23.9 Å². The van der Waals surface area contributed by atoms with E-state index in [1.807, 2.05) is 0 Å². The number of rotatable bonds is 2. The smallest absolute Gasteiger partial charge is 0.331 e. The molecule has 2 rings (SSSR count). The van der Waals surface area contributed by atoms with Crippen molar-refractivity contribution in [1.29, 1.82) is 0 Å². The van der Waals surface area contributed by atoms with Crippen molar-refractivity contribution in [2.24, 2.45) is 0 Å². The van der Waals surface area contributed by atoms with E-state index in [0.29, 0.717) is 13.0 Å². The maximum atomic E-state index is 11.4. The highest BCUT2D eigenvalue weighted by Crippen LogP contribution is 2.36. The topological polar surface area (TPSA) is 55.8 Å². The van der Waals surface area contributed by atoms with Crippen LogP contribution in [0.25, 0.3) is 0 Å². The number of nitrogens with zero attached hydrogens (tertiary/aromatic N) is 1. The van der Waals surface area contributed by atoms with Gasteiger partial charge in [0.25, 0.3) is 0 Å². The molecule has 5 nitrogen and oxygen atoms in total. The summed E-state index contributed by atoms with van der Waals surface area (Å²) in [7, 11) is 0. The third-order valence-corrected chi connectivity index (χ3v) is 3.14. The second-order valence-electron chi connectivity index (χ2n) is 3.11. The minimum absolute atomic E-state index is 0.00357. The van der Waals surface area contributed by atoms with E-state index in [1.54, 1.807) is 11.8 Å². The number of carbonyl (C=O) groups excluding carboxylic acids is 2. The number of β-lactam (4-membered cyclic amide) rings is 1. The number of hydrogen-bond donors (Lipinski definition) is 0. The molecule has 2 atom stereocenters. The summed E-state index contributed by atoms with van der Waals surface area (Å²) in [5.41, 5.74) is 0. The fraction of sp³-hybridized carbons (Fsp3) is 0.750. The van der Waals surface area contributed by atoms with Crippen molar-refractivity contribution in [3.63, 3.8) is 0 Å². The molecular formula is C8H11NO4S. The van der Waals surface area contributed by atoms with Crippen LogP contribution in [0.5, 0.6) is 0 Å². The standard InChI is InChI=1S/C8H11NO4S/c1-2-12-8(11)5-4-13-14-7-3-6(10)9(5)7/h5,7H,2-4H2,1H3/t5-,7-/m1/s1. The summed E-state index contributed by atoms with van der Waals surface area (Å²) >= 11 is 1.25. The molecular weight excluding hydrogens is 206 g/mol. The van der Waals surface area contributed by atoms with Crippen molar-refractivity contribution in [3.8, 4) is 0 Å². The minimum Gasteiger partial charge on any atom is -0.464 e. The van der Waals surface area contributed by atoms with Crippen LogP contribution in [0.4, 0.5) is 0 Å². The SMILES string of the molecule is CCOC(=O)[C@H]1COS[C@@H]2CC(=O)N12. The lowest BCUT2D eigenvalue weighted by Gasteiger charge is -2.46. The van der Waals surface area contributed by atoms with Crippen LogP contribution in [0, 0.1) is 0 Å². The van der Waals surface area contributed by atoms with Crippen molar-refractivity contribution in [2.75, 3.05) is 13.2 Å². The van der Waals surface area contributed by atoms with Crippen molar-refractivity contribution in [1.82, 2.24) is 4.90 Å². The Labute approximate surface area is 85.9 Å². The second kappa shape index (κ2) is 3.78. The van der Waals surface area contributed by atoms with Gasteiger partial charge in [-0.15, -0.1) is 0 Å². The van der Waals surface area contributed by atoms with Gasteiger partial charge in [0.05, 0.1) is 19.6 Å². The number of fused-ring (bicyclic) bond motifs is 1. The molecule has 2 heterocycles. The normalized spacial score (nSPS) is 30.6. The summed E-state index contributed by atoms with van der Waals surface area (Å²) in [6.45, 7) is 2.30. The van der Waals surface area contributed by atoms with E-state index in [-0.39, 0.29) is 23.9 Å². The van der Waals surface area contributed by atoms with Gasteiger partial charge in [0, 0.05) is 12.0 Å². The molecule has 0 aliphatic carbocycles. The fourth-order valence-corrected chi connectivity index (χ4v) is 2.47. The third kappa shape index (κ3) is 1.48. The van der Waals surface area contributed by atoms with Crippen LogP contribution in [-0.2, 0) is 18.5 Å². The maximum Gasteiger partial charge on any atom is 0.331 e. The van der Waals surface area contributed by atoms with Gasteiger partial charge in [0.1, 0.15) is 5.37 Å². The summed E-state index contributed by atoms with van der Waals surface area (Å²) < 4.78 is 10.0. The molecule has 0 aromatic carbocycles. The van der Waals surface area contributed by atoms with E-state index in [2.05, 4.69) is 0 Å². The molecule has 14 heavy (non-hydrogen) atoms. The van der Waals surface area contributed by atoms with Crippen LogP contribution in [0.3, 0.4) is 0 Å². The first-order valence-electron chi connectivity index (χ1n) is 4.50. The molecule has 0 bridgehead atoms. The molecule has 2 saturated heterocycles. The van der Waals surface area contributed by atoms with Crippen molar-refractivity contribution in [2.45, 2.75) is 24.8 Å². The van der Waals surface area contributed by atoms with Crippen LogP contribution in [0.1, 0.15) is 13.3 Å². The van der Waals surface area contributed by atoms with Crippen molar-refractivity contribution in [3.05, 3.63) is 0 Å². The highest BCUT2D eigenvalue weighted by molar-refractivity contribution is 7.95. The van der Waals surface area contributed by atoms with Crippen molar-refractivity contribution < 1.29 is 18.5 Å². The molecule has 0 N–H and O–H groups in total. The summed E-state index contributed by atoms with van der Waals surface area (Å²) in [4.78, 5) is 24.2. The van der Waals surface area contributed by atoms with E-state index in [0.717, 1.165) is 0 Å². The van der Waals surface area contributed by atoms with Gasteiger partial charge in [-0.2, -0.15) is 0 Å². The maximum absolute atomic E-state index is 11.4. The van der Waals surface area contributed by atoms with E-state index in [4.69, 9.17) is 8.92 Å². The van der Waals surface area contributed by atoms with Gasteiger partial charge in [-0.3, -0.25) is 4.79 Å². The van der Waals surface area contributed by atoms with Crippen LogP contribution < -0.4 is 0 Å². The molecule has 0 unspecified atom stereocenters. The quantitative estimate of drug-likeness (QED) is 0.374. The Balaban J connectivity index is 2.02. The molecule has 2 aliphatic rings. The molecule has 0 spiro atoms. The number of amides is 1. The Bertz CT molecular complexity index is 270. The number of carbonyl (C=O) groups is 2. The molecule has 78 valence electrons. The molecule has 1 amide bonds. The van der Waals surface area contributed by atoms with E-state index in [9.17, 15) is 9.59 Å². The van der Waals surface area contributed by atoms with Gasteiger partial charge in [0.15, 0.2) is 6.04 Å². The monoisotopic (exact) mass is 217 g/mol. The van der Waals surface area contributed by atoms with Gasteiger partial charge in [-0.05, 0) is 6.92 Å². The first kappa shape index (κ1) is 9.79. The summed E-state index contributed by atoms with van der Waals surface area (Å²) in [6.07, 6.45) is 0.459. The van der Waals surface area contributed by atoms with Crippen LogP contribution in [0.15, 0.2) is 0 Å². The lowest BCUT2D eigenvalue weighted by atomic mass is 10.1. The van der Waals surface area contributed by atoms with E-state index < -0.39 is 6.04 Å². The average Bonchev–Trinajstić information content (AvgIpc) is 2.16. The highest BCUT2D eigenvalue weighted by Gasteiger charge is 2.48. The summed E-state index contributed by atoms with van der Waals surface area (Å²) in [5, 5.41) is 0.00524. The third-order valence-electron chi connectivity index (χ3n) is 2.25. The average molecular weight is 217 g/mol. The Kier molecular flexibility index (Phi) is 2.64. The Morgan fingerprint density at radius 2 is 2.57 bits per heavy atom. The molecule has 0 aromatic rings. The lowest BCUT2D eigenvalue weighted by Crippen LogP contribution is -2.62. The van der Waals surface area contributed by atoms with Gasteiger partial charge in [0.2, 0.25) is 5.91 Å². The first-order chi connectivity index (χ1) is 6.74. The fourth-order valence-electron chi connectivity index (χ4n) is 1.54. The molecule has 0 aromatic heterocycles. The van der Waals surface area contributed by atoms with Gasteiger partial charge >= 0.3 is 5.97 Å². The van der Waals surface area contributed by atoms with Crippen LogP contribution >= 0.6 is 12.0 Å². The Hall–Kier alpha value is -0.750. The predicted octanol–water partition coefficient (Wildman–Crippen LogP) is 0.155. The molecule has 0 radical (unpaired) electrons. The summed E-state index contributed by atoms with van der Waals surface area (Å²) in [5.74, 6) is -0.366. The molecule has 2 aliphatic heterocycles. The highest BCUT2D eigenvalue weighted by atomic mass is 32.2. The molecule has 2 fully saturated rings. The zero-order valence-electron chi connectivity index (χ0n) is 7.76. The van der Waals surface area contributed by atoms with E-state index >= 15 is 0 Å². The molecule has 0 saturated carbocycles. The van der Waals surface area contributed by atoms with Crippen LogP contribution in [-0.4, -0.2) is 41.4 Å². The lowest BCUT2D eigenvalue weighted by molar-refractivity contribution is -0.164. The number of ether oxygens (including phenoxy) is 1. The zero-order chi connectivity index (χ0) is 10.1. The van der Waals surface area contributed by atoms with Gasteiger partial charge in [-0.25, -0.2) is 4.79 Å². The largest absolute Gasteiger partial charge is 0.464 e. The Morgan fingerprint density at radius 1 is 1.79 bits per heavy atom. The van der Waals surface area contributed by atoms with Crippen LogP contribution in [0.2, 0.25) is 0 Å². The number of esters is 1. The van der Waals surface area contributed by atoms with Gasteiger partial charge < -0.3 is 13.8 Å². The number of hydrogen-bond acceptors (Lipinski definition) is 5. The molecule has 6 heteroatoms. The van der Waals surface area contributed by atoms with E-state index in [1.165, 1.54) is 12.0 Å².